The lowest BCUT2D eigenvalue weighted by Gasteiger charge is -2.13. The maximum absolute atomic E-state index is 12.0. The van der Waals surface area contributed by atoms with Gasteiger partial charge in [0.05, 0.1) is 11.9 Å². The van der Waals surface area contributed by atoms with Crippen molar-refractivity contribution < 1.29 is 4.79 Å². The molecule has 1 aromatic heterocycles. The van der Waals surface area contributed by atoms with E-state index in [2.05, 4.69) is 15.6 Å². The van der Waals surface area contributed by atoms with Gasteiger partial charge in [0.1, 0.15) is 5.82 Å². The van der Waals surface area contributed by atoms with Crippen molar-refractivity contribution in [2.75, 3.05) is 10.6 Å². The molecule has 1 amide bonds. The van der Waals surface area contributed by atoms with Crippen LogP contribution in [0.5, 0.6) is 0 Å². The molecule has 4 heteroatoms. The van der Waals surface area contributed by atoms with Crippen LogP contribution in [0.2, 0.25) is 0 Å². The second-order valence-corrected chi connectivity index (χ2v) is 5.38. The number of anilines is 2. The van der Waals surface area contributed by atoms with Gasteiger partial charge in [-0.3, -0.25) is 4.79 Å². The first-order chi connectivity index (χ1) is 10.3. The summed E-state index contributed by atoms with van der Waals surface area (Å²) in [4.78, 5) is 16.3. The molecule has 108 valence electrons. The summed E-state index contributed by atoms with van der Waals surface area (Å²) in [5, 5.41) is 6.28. The Morgan fingerprint density at radius 3 is 2.48 bits per heavy atom. The van der Waals surface area contributed by atoms with Gasteiger partial charge in [-0.1, -0.05) is 31.0 Å². The van der Waals surface area contributed by atoms with E-state index in [1.54, 1.807) is 18.3 Å². The summed E-state index contributed by atoms with van der Waals surface area (Å²) in [6.45, 7) is 0. The molecule has 1 aliphatic rings. The Hall–Kier alpha value is -2.36. The number of pyridine rings is 1. The minimum absolute atomic E-state index is 0.139. The van der Waals surface area contributed by atoms with Gasteiger partial charge in [0, 0.05) is 11.6 Å². The van der Waals surface area contributed by atoms with Crippen LogP contribution >= 0.6 is 0 Å². The van der Waals surface area contributed by atoms with Crippen molar-refractivity contribution in [1.29, 1.82) is 0 Å². The molecule has 1 heterocycles. The molecule has 3 rings (SSSR count). The van der Waals surface area contributed by atoms with Crippen LogP contribution in [0.1, 0.15) is 36.0 Å². The normalized spacial score (nSPS) is 14.9. The smallest absolute Gasteiger partial charge is 0.256 e. The number of carbonyl (C=O) groups is 1. The molecule has 1 saturated carbocycles. The maximum atomic E-state index is 12.0. The van der Waals surface area contributed by atoms with E-state index in [1.165, 1.54) is 25.7 Å². The molecule has 0 bridgehead atoms. The highest BCUT2D eigenvalue weighted by Crippen LogP contribution is 2.22. The van der Waals surface area contributed by atoms with Crippen molar-refractivity contribution >= 4 is 17.4 Å². The van der Waals surface area contributed by atoms with Crippen molar-refractivity contribution in [3.8, 4) is 0 Å². The summed E-state index contributed by atoms with van der Waals surface area (Å²) in [7, 11) is 0. The Labute approximate surface area is 124 Å². The molecule has 2 aromatic rings. The van der Waals surface area contributed by atoms with E-state index in [4.69, 9.17) is 0 Å². The molecular weight excluding hydrogens is 262 g/mol. The molecular formula is C17H19N3O. The highest BCUT2D eigenvalue weighted by atomic mass is 16.1. The number of nitrogens with one attached hydrogen (secondary N) is 2. The molecule has 0 spiro atoms. The third-order valence-electron chi connectivity index (χ3n) is 3.77. The van der Waals surface area contributed by atoms with E-state index in [0.717, 1.165) is 5.69 Å². The van der Waals surface area contributed by atoms with Crippen molar-refractivity contribution in [2.45, 2.75) is 31.7 Å². The third-order valence-corrected chi connectivity index (χ3v) is 3.77. The Balaban J connectivity index is 1.60. The first kappa shape index (κ1) is 13.6. The van der Waals surface area contributed by atoms with Gasteiger partial charge in [-0.2, -0.15) is 0 Å². The number of hydrogen-bond donors (Lipinski definition) is 2. The number of benzene rings is 1. The summed E-state index contributed by atoms with van der Waals surface area (Å²) in [5.41, 5.74) is 1.65. The first-order valence-electron chi connectivity index (χ1n) is 7.40. The fourth-order valence-electron chi connectivity index (χ4n) is 2.64. The lowest BCUT2D eigenvalue weighted by atomic mass is 10.2. The van der Waals surface area contributed by atoms with Gasteiger partial charge in [0.2, 0.25) is 0 Å². The minimum atomic E-state index is -0.139. The molecule has 1 aliphatic carbocycles. The molecule has 21 heavy (non-hydrogen) atoms. The van der Waals surface area contributed by atoms with E-state index in [-0.39, 0.29) is 5.91 Å². The van der Waals surface area contributed by atoms with Crippen LogP contribution in [0.3, 0.4) is 0 Å². The number of nitrogens with zero attached hydrogens (tertiary/aromatic N) is 1. The maximum Gasteiger partial charge on any atom is 0.256 e. The number of hydrogen-bond acceptors (Lipinski definition) is 3. The lowest BCUT2D eigenvalue weighted by molar-refractivity contribution is 0.102. The molecule has 1 fully saturated rings. The Bertz CT molecular complexity index is 589. The predicted octanol–water partition coefficient (Wildman–Crippen LogP) is 3.69. The second kappa shape index (κ2) is 6.39. The van der Waals surface area contributed by atoms with E-state index in [0.29, 0.717) is 17.4 Å². The van der Waals surface area contributed by atoms with Gasteiger partial charge in [-0.05, 0) is 37.1 Å². The SMILES string of the molecule is O=C(Nc1ccc(NC2CCCC2)cn1)c1ccccc1. The van der Waals surface area contributed by atoms with Gasteiger partial charge < -0.3 is 10.6 Å². The van der Waals surface area contributed by atoms with E-state index in [1.807, 2.05) is 30.3 Å². The van der Waals surface area contributed by atoms with Crippen molar-refractivity contribution in [3.05, 3.63) is 54.2 Å². The van der Waals surface area contributed by atoms with Gasteiger partial charge in [-0.25, -0.2) is 4.98 Å². The summed E-state index contributed by atoms with van der Waals surface area (Å²) < 4.78 is 0. The Kier molecular flexibility index (Phi) is 4.15. The molecule has 0 saturated heterocycles. The lowest BCUT2D eigenvalue weighted by Crippen LogP contribution is -2.15. The highest BCUT2D eigenvalue weighted by molar-refractivity contribution is 6.03. The summed E-state index contributed by atoms with van der Waals surface area (Å²) in [6.07, 6.45) is 6.84. The molecule has 0 unspecified atom stereocenters. The average Bonchev–Trinajstić information content (AvgIpc) is 3.03. The fraction of sp³-hybridized carbons (Fsp3) is 0.294. The minimum Gasteiger partial charge on any atom is -0.381 e. The summed E-state index contributed by atoms with van der Waals surface area (Å²) in [5.74, 6) is 0.431. The molecule has 1 aromatic carbocycles. The molecule has 4 nitrogen and oxygen atoms in total. The topological polar surface area (TPSA) is 54.0 Å². The van der Waals surface area contributed by atoms with Crippen molar-refractivity contribution in [2.24, 2.45) is 0 Å². The van der Waals surface area contributed by atoms with Crippen molar-refractivity contribution in [3.63, 3.8) is 0 Å². The standard InChI is InChI=1S/C17H19N3O/c21-17(13-6-2-1-3-7-13)20-16-11-10-15(12-18-16)19-14-8-4-5-9-14/h1-3,6-7,10-12,14,19H,4-5,8-9H2,(H,18,20,21). The van der Waals surface area contributed by atoms with E-state index < -0.39 is 0 Å². The second-order valence-electron chi connectivity index (χ2n) is 5.38. The predicted molar refractivity (Wildman–Crippen MR) is 84.5 cm³/mol. The van der Waals surface area contributed by atoms with Gasteiger partial charge in [0.15, 0.2) is 0 Å². The van der Waals surface area contributed by atoms with Crippen LogP contribution in [0.25, 0.3) is 0 Å². The molecule has 0 atom stereocenters. The van der Waals surface area contributed by atoms with Crippen LogP contribution in [0.4, 0.5) is 11.5 Å². The van der Waals surface area contributed by atoms with Gasteiger partial charge >= 0.3 is 0 Å². The average molecular weight is 281 g/mol. The highest BCUT2D eigenvalue weighted by Gasteiger charge is 2.14. The number of aromatic nitrogens is 1. The van der Waals surface area contributed by atoms with Crippen LogP contribution in [0, 0.1) is 0 Å². The molecule has 0 radical (unpaired) electrons. The summed E-state index contributed by atoms with van der Waals surface area (Å²) in [6, 6.07) is 13.5. The zero-order valence-corrected chi connectivity index (χ0v) is 11.9. The van der Waals surface area contributed by atoms with Crippen LogP contribution in [0.15, 0.2) is 48.7 Å². The number of amides is 1. The van der Waals surface area contributed by atoms with E-state index in [9.17, 15) is 4.79 Å². The summed E-state index contributed by atoms with van der Waals surface area (Å²) >= 11 is 0. The fourth-order valence-corrected chi connectivity index (χ4v) is 2.64. The quantitative estimate of drug-likeness (QED) is 0.898. The first-order valence-corrected chi connectivity index (χ1v) is 7.40. The Morgan fingerprint density at radius 2 is 1.81 bits per heavy atom. The number of rotatable bonds is 4. The molecule has 2 N–H and O–H groups in total. The zero-order chi connectivity index (χ0) is 14.5. The van der Waals surface area contributed by atoms with Crippen LogP contribution in [-0.2, 0) is 0 Å². The third kappa shape index (κ3) is 3.60. The molecule has 0 aliphatic heterocycles. The van der Waals surface area contributed by atoms with Crippen LogP contribution < -0.4 is 10.6 Å². The van der Waals surface area contributed by atoms with Gasteiger partial charge in [-0.15, -0.1) is 0 Å². The van der Waals surface area contributed by atoms with Crippen molar-refractivity contribution in [1.82, 2.24) is 4.98 Å². The van der Waals surface area contributed by atoms with Crippen LogP contribution in [-0.4, -0.2) is 16.9 Å². The van der Waals surface area contributed by atoms with E-state index >= 15 is 0 Å². The monoisotopic (exact) mass is 281 g/mol. The number of carbonyl (C=O) groups excluding carboxylic acids is 1. The Morgan fingerprint density at radius 1 is 1.05 bits per heavy atom. The zero-order valence-electron chi connectivity index (χ0n) is 11.9. The van der Waals surface area contributed by atoms with Gasteiger partial charge in [0.25, 0.3) is 5.91 Å². The largest absolute Gasteiger partial charge is 0.381 e.